The third kappa shape index (κ3) is 5.07. The van der Waals surface area contributed by atoms with Crippen molar-refractivity contribution < 1.29 is 9.28 Å². The molecule has 0 aliphatic carbocycles. The highest BCUT2D eigenvalue weighted by molar-refractivity contribution is 14.0. The Morgan fingerprint density at radius 3 is 2.50 bits per heavy atom. The number of hydrogen-bond acceptors (Lipinski definition) is 2. The van der Waals surface area contributed by atoms with Crippen LogP contribution in [0.15, 0.2) is 17.5 Å². The smallest absolute Gasteiger partial charge is 0.178 e. The summed E-state index contributed by atoms with van der Waals surface area (Å²) < 4.78 is 0.844. The van der Waals surface area contributed by atoms with Crippen LogP contribution in [0.3, 0.4) is 0 Å². The molecule has 0 unspecified atom stereocenters. The van der Waals surface area contributed by atoms with E-state index in [9.17, 15) is 4.79 Å². The Morgan fingerprint density at radius 2 is 2.07 bits per heavy atom. The number of thiophene rings is 1. The fourth-order valence-corrected chi connectivity index (χ4v) is 1.69. The van der Waals surface area contributed by atoms with E-state index in [1.165, 1.54) is 11.3 Å². The summed E-state index contributed by atoms with van der Waals surface area (Å²) in [6.45, 7) is 0.900. The standard InChI is InChI=1S/C10H16NOS.HI/c1-11(2,3)7-6-9(12)10-5-4-8-13-10;/h4-5,8H,6-7H2,1-3H3;1H/q+1;. The number of rotatable bonds is 4. The van der Waals surface area contributed by atoms with E-state index in [1.54, 1.807) is 0 Å². The molecule has 0 spiro atoms. The van der Waals surface area contributed by atoms with Gasteiger partial charge in [0.15, 0.2) is 5.78 Å². The summed E-state index contributed by atoms with van der Waals surface area (Å²) in [5.74, 6) is 0.267. The monoisotopic (exact) mass is 326 g/mol. The van der Waals surface area contributed by atoms with Crippen molar-refractivity contribution in [3.63, 3.8) is 0 Å². The lowest BCUT2D eigenvalue weighted by Gasteiger charge is -2.23. The predicted molar refractivity (Wildman–Crippen MR) is 71.6 cm³/mol. The SMILES string of the molecule is C[N+](C)(C)CCC(=O)c1cccs1.I. The number of carbonyl (C=O) groups is 1. The molecule has 1 heterocycles. The molecule has 0 aliphatic rings. The molecule has 14 heavy (non-hydrogen) atoms. The first kappa shape index (κ1) is 14.1. The highest BCUT2D eigenvalue weighted by Gasteiger charge is 2.12. The molecule has 1 aromatic heterocycles. The summed E-state index contributed by atoms with van der Waals surface area (Å²) in [5, 5.41) is 1.94. The van der Waals surface area contributed by atoms with E-state index in [0.29, 0.717) is 6.42 Å². The quantitative estimate of drug-likeness (QED) is 0.472. The van der Waals surface area contributed by atoms with Crippen LogP contribution in [0.2, 0.25) is 0 Å². The zero-order chi connectivity index (χ0) is 9.90. The maximum absolute atomic E-state index is 11.6. The Balaban J connectivity index is 0.00000169. The summed E-state index contributed by atoms with van der Waals surface area (Å²) in [6, 6.07) is 3.81. The van der Waals surface area contributed by atoms with Gasteiger partial charge in [0.05, 0.1) is 39.0 Å². The minimum absolute atomic E-state index is 0. The van der Waals surface area contributed by atoms with E-state index in [2.05, 4.69) is 21.1 Å². The summed E-state index contributed by atoms with van der Waals surface area (Å²) in [5.41, 5.74) is 0. The van der Waals surface area contributed by atoms with Gasteiger partial charge in [-0.3, -0.25) is 4.79 Å². The first-order valence-corrected chi connectivity index (χ1v) is 5.24. The topological polar surface area (TPSA) is 17.1 Å². The van der Waals surface area contributed by atoms with Gasteiger partial charge in [-0.05, 0) is 11.4 Å². The van der Waals surface area contributed by atoms with Gasteiger partial charge in [0.2, 0.25) is 0 Å². The van der Waals surface area contributed by atoms with E-state index < -0.39 is 0 Å². The van der Waals surface area contributed by atoms with Crippen LogP contribution in [0.4, 0.5) is 0 Å². The van der Waals surface area contributed by atoms with Crippen molar-refractivity contribution in [2.24, 2.45) is 0 Å². The minimum atomic E-state index is 0. The van der Waals surface area contributed by atoms with Crippen LogP contribution >= 0.6 is 35.3 Å². The number of carbonyl (C=O) groups excluding carboxylic acids is 1. The van der Waals surface area contributed by atoms with E-state index >= 15 is 0 Å². The van der Waals surface area contributed by atoms with Crippen molar-refractivity contribution in [3.05, 3.63) is 22.4 Å². The van der Waals surface area contributed by atoms with E-state index in [0.717, 1.165) is 15.9 Å². The van der Waals surface area contributed by atoms with E-state index in [1.807, 2.05) is 17.5 Å². The van der Waals surface area contributed by atoms with Crippen LogP contribution in [0.25, 0.3) is 0 Å². The van der Waals surface area contributed by atoms with Crippen LogP contribution in [-0.2, 0) is 0 Å². The molecule has 0 fully saturated rings. The van der Waals surface area contributed by atoms with Gasteiger partial charge in [0.25, 0.3) is 0 Å². The Hall–Kier alpha value is 0.0600. The van der Waals surface area contributed by atoms with Crippen LogP contribution in [0.1, 0.15) is 16.1 Å². The second-order valence-electron chi connectivity index (χ2n) is 4.16. The van der Waals surface area contributed by atoms with Crippen LogP contribution < -0.4 is 0 Å². The zero-order valence-electron chi connectivity index (χ0n) is 8.82. The third-order valence-corrected chi connectivity index (χ3v) is 2.72. The molecule has 0 bridgehead atoms. The molecule has 0 saturated heterocycles. The molecule has 0 radical (unpaired) electrons. The lowest BCUT2D eigenvalue weighted by molar-refractivity contribution is -0.869. The normalized spacial score (nSPS) is 10.8. The molecule has 1 rings (SSSR count). The summed E-state index contributed by atoms with van der Waals surface area (Å²) >= 11 is 1.53. The van der Waals surface area contributed by atoms with E-state index in [4.69, 9.17) is 0 Å². The number of quaternary nitrogens is 1. The van der Waals surface area contributed by atoms with Gasteiger partial charge in [-0.2, -0.15) is 0 Å². The van der Waals surface area contributed by atoms with Crippen molar-refractivity contribution in [2.45, 2.75) is 6.42 Å². The molecule has 0 saturated carbocycles. The zero-order valence-corrected chi connectivity index (χ0v) is 12.0. The molecule has 0 aliphatic heterocycles. The average molecular weight is 326 g/mol. The number of nitrogens with zero attached hydrogens (tertiary/aromatic N) is 1. The minimum Gasteiger partial charge on any atom is -0.331 e. The van der Waals surface area contributed by atoms with Gasteiger partial charge in [0, 0.05) is 0 Å². The largest absolute Gasteiger partial charge is 0.331 e. The maximum Gasteiger partial charge on any atom is 0.178 e. The summed E-state index contributed by atoms with van der Waals surface area (Å²) in [4.78, 5) is 12.4. The molecule has 1 aromatic rings. The van der Waals surface area contributed by atoms with Crippen LogP contribution in [0.5, 0.6) is 0 Å². The Labute approximate surface area is 107 Å². The Morgan fingerprint density at radius 1 is 1.43 bits per heavy atom. The fourth-order valence-electron chi connectivity index (χ4n) is 0.997. The Kier molecular flexibility index (Phi) is 5.85. The summed E-state index contributed by atoms with van der Waals surface area (Å²) in [6.07, 6.45) is 0.643. The van der Waals surface area contributed by atoms with Crippen molar-refractivity contribution >= 4 is 41.1 Å². The predicted octanol–water partition coefficient (Wildman–Crippen LogP) is 2.65. The van der Waals surface area contributed by atoms with Gasteiger partial charge < -0.3 is 4.48 Å². The number of halogens is 1. The summed E-state index contributed by atoms with van der Waals surface area (Å²) in [7, 11) is 6.30. The first-order chi connectivity index (χ1) is 5.99. The molecule has 0 N–H and O–H groups in total. The van der Waals surface area contributed by atoms with Crippen molar-refractivity contribution in [2.75, 3.05) is 27.7 Å². The highest BCUT2D eigenvalue weighted by Crippen LogP contribution is 2.11. The molecule has 4 heteroatoms. The van der Waals surface area contributed by atoms with E-state index in [-0.39, 0.29) is 29.8 Å². The van der Waals surface area contributed by atoms with Crippen molar-refractivity contribution in [1.29, 1.82) is 0 Å². The highest BCUT2D eigenvalue weighted by atomic mass is 127. The Bertz CT molecular complexity index is 277. The van der Waals surface area contributed by atoms with Gasteiger partial charge in [0.1, 0.15) is 0 Å². The fraction of sp³-hybridized carbons (Fsp3) is 0.500. The lowest BCUT2D eigenvalue weighted by Crippen LogP contribution is -2.36. The van der Waals surface area contributed by atoms with Gasteiger partial charge >= 0.3 is 0 Å². The molecule has 2 nitrogen and oxygen atoms in total. The third-order valence-electron chi connectivity index (χ3n) is 1.81. The second kappa shape index (κ2) is 5.82. The molecule has 80 valence electrons. The second-order valence-corrected chi connectivity index (χ2v) is 5.11. The average Bonchev–Trinajstić information content (AvgIpc) is 2.50. The maximum atomic E-state index is 11.6. The number of ketones is 1. The number of Topliss-reactive ketones (excluding diaryl/α,β-unsaturated/α-hetero) is 1. The first-order valence-electron chi connectivity index (χ1n) is 4.36. The van der Waals surface area contributed by atoms with Crippen molar-refractivity contribution in [3.8, 4) is 0 Å². The van der Waals surface area contributed by atoms with Crippen molar-refractivity contribution in [1.82, 2.24) is 0 Å². The molecule has 0 aromatic carbocycles. The lowest BCUT2D eigenvalue weighted by atomic mass is 10.2. The molecular weight excluding hydrogens is 309 g/mol. The van der Waals surface area contributed by atoms with Crippen LogP contribution in [-0.4, -0.2) is 38.0 Å². The molecule has 0 amide bonds. The molecular formula is C10H17INOS+. The molecule has 0 atom stereocenters. The van der Waals surface area contributed by atoms with Gasteiger partial charge in [-0.1, -0.05) is 6.07 Å². The van der Waals surface area contributed by atoms with Gasteiger partial charge in [-0.25, -0.2) is 0 Å². The van der Waals surface area contributed by atoms with Crippen LogP contribution in [0, 0.1) is 0 Å². The number of hydrogen-bond donors (Lipinski definition) is 0. The van der Waals surface area contributed by atoms with Gasteiger partial charge in [-0.15, -0.1) is 35.3 Å².